The summed E-state index contributed by atoms with van der Waals surface area (Å²) < 4.78 is 5.54. The normalized spacial score (nSPS) is 28.7. The highest BCUT2D eigenvalue weighted by molar-refractivity contribution is 5.58. The first-order valence-corrected chi connectivity index (χ1v) is 8.28. The molecule has 2 fully saturated rings. The van der Waals surface area contributed by atoms with Crippen LogP contribution in [0.2, 0.25) is 0 Å². The van der Waals surface area contributed by atoms with Crippen LogP contribution in [0.5, 0.6) is 0 Å². The van der Waals surface area contributed by atoms with Crippen LogP contribution in [0.25, 0.3) is 11.3 Å². The Balaban J connectivity index is 1.43. The third kappa shape index (κ3) is 2.69. The Morgan fingerprint density at radius 2 is 2.05 bits per heavy atom. The summed E-state index contributed by atoms with van der Waals surface area (Å²) >= 11 is 0. The minimum atomic E-state index is 0.387. The van der Waals surface area contributed by atoms with Gasteiger partial charge in [0.2, 0.25) is 0 Å². The van der Waals surface area contributed by atoms with Gasteiger partial charge in [0, 0.05) is 30.8 Å². The first kappa shape index (κ1) is 14.0. The van der Waals surface area contributed by atoms with Crippen LogP contribution in [-0.2, 0) is 6.54 Å². The number of fused-ring (bicyclic) bond motifs is 1. The van der Waals surface area contributed by atoms with E-state index in [0.29, 0.717) is 12.0 Å². The standard InChI is InChI=1S/C18H23N3O/c19-17-8-4-7-14-10-21(12-16(14)17)11-15-9-18(20-22-15)13-5-2-1-3-6-13/h1-3,5-6,9,14,16-17H,4,7-8,10-12,19H2. The van der Waals surface area contributed by atoms with Crippen LogP contribution >= 0.6 is 0 Å². The Bertz CT molecular complexity index is 624. The van der Waals surface area contributed by atoms with E-state index in [1.807, 2.05) is 18.2 Å². The third-order valence-corrected chi connectivity index (χ3v) is 5.24. The molecule has 1 saturated heterocycles. The summed E-state index contributed by atoms with van der Waals surface area (Å²) in [7, 11) is 0. The van der Waals surface area contributed by atoms with E-state index < -0.39 is 0 Å². The molecule has 1 aromatic carbocycles. The van der Waals surface area contributed by atoms with Crippen LogP contribution in [0.4, 0.5) is 0 Å². The summed E-state index contributed by atoms with van der Waals surface area (Å²) in [4.78, 5) is 2.48. The first-order chi connectivity index (χ1) is 10.8. The monoisotopic (exact) mass is 297 g/mol. The largest absolute Gasteiger partial charge is 0.359 e. The fourth-order valence-corrected chi connectivity index (χ4v) is 4.09. The van der Waals surface area contributed by atoms with Crippen LogP contribution in [0.15, 0.2) is 40.9 Å². The molecule has 3 unspecified atom stereocenters. The van der Waals surface area contributed by atoms with Crippen LogP contribution < -0.4 is 5.73 Å². The molecule has 4 nitrogen and oxygen atoms in total. The maximum Gasteiger partial charge on any atom is 0.151 e. The number of hydrogen-bond acceptors (Lipinski definition) is 4. The molecule has 1 aliphatic carbocycles. The molecule has 2 heterocycles. The van der Waals surface area contributed by atoms with Gasteiger partial charge in [-0.25, -0.2) is 0 Å². The predicted molar refractivity (Wildman–Crippen MR) is 86.0 cm³/mol. The minimum absolute atomic E-state index is 0.387. The summed E-state index contributed by atoms with van der Waals surface area (Å²) in [5.74, 6) is 2.40. The molecular formula is C18H23N3O. The van der Waals surface area contributed by atoms with E-state index in [2.05, 4.69) is 28.3 Å². The van der Waals surface area contributed by atoms with Gasteiger partial charge in [-0.1, -0.05) is 41.9 Å². The number of benzene rings is 1. The topological polar surface area (TPSA) is 55.3 Å². The number of aromatic nitrogens is 1. The van der Waals surface area contributed by atoms with Crippen molar-refractivity contribution in [3.05, 3.63) is 42.2 Å². The molecule has 2 aromatic rings. The zero-order valence-corrected chi connectivity index (χ0v) is 12.8. The molecule has 4 heteroatoms. The van der Waals surface area contributed by atoms with Gasteiger partial charge < -0.3 is 10.3 Å². The molecule has 4 rings (SSSR count). The van der Waals surface area contributed by atoms with Crippen molar-refractivity contribution in [1.29, 1.82) is 0 Å². The second kappa shape index (κ2) is 5.86. The Kier molecular flexibility index (Phi) is 3.72. The molecule has 0 bridgehead atoms. The molecule has 2 N–H and O–H groups in total. The number of hydrogen-bond donors (Lipinski definition) is 1. The van der Waals surface area contributed by atoms with E-state index >= 15 is 0 Å². The van der Waals surface area contributed by atoms with Gasteiger partial charge in [0.1, 0.15) is 5.69 Å². The summed E-state index contributed by atoms with van der Waals surface area (Å²) in [6.07, 6.45) is 3.81. The quantitative estimate of drug-likeness (QED) is 0.946. The molecule has 0 amide bonds. The van der Waals surface area contributed by atoms with Gasteiger partial charge in [-0.3, -0.25) is 4.90 Å². The lowest BCUT2D eigenvalue weighted by molar-refractivity contribution is 0.255. The van der Waals surface area contributed by atoms with E-state index in [9.17, 15) is 0 Å². The van der Waals surface area contributed by atoms with E-state index in [1.165, 1.54) is 19.3 Å². The number of nitrogens with two attached hydrogens (primary N) is 1. The number of likely N-dealkylation sites (tertiary alicyclic amines) is 1. The molecule has 1 aromatic heterocycles. The van der Waals surface area contributed by atoms with Gasteiger partial charge in [-0.05, 0) is 24.7 Å². The Morgan fingerprint density at radius 3 is 2.86 bits per heavy atom. The van der Waals surface area contributed by atoms with E-state index in [-0.39, 0.29) is 0 Å². The van der Waals surface area contributed by atoms with Crippen molar-refractivity contribution in [3.8, 4) is 11.3 Å². The van der Waals surface area contributed by atoms with Gasteiger partial charge in [0.25, 0.3) is 0 Å². The van der Waals surface area contributed by atoms with Crippen LogP contribution in [0.1, 0.15) is 25.0 Å². The van der Waals surface area contributed by atoms with Crippen molar-refractivity contribution in [1.82, 2.24) is 10.1 Å². The molecule has 22 heavy (non-hydrogen) atoms. The zero-order chi connectivity index (χ0) is 14.9. The Labute approximate surface area is 131 Å². The first-order valence-electron chi connectivity index (χ1n) is 8.28. The third-order valence-electron chi connectivity index (χ3n) is 5.24. The second-order valence-electron chi connectivity index (χ2n) is 6.76. The minimum Gasteiger partial charge on any atom is -0.359 e. The van der Waals surface area contributed by atoms with Crippen molar-refractivity contribution in [2.75, 3.05) is 13.1 Å². The molecule has 1 saturated carbocycles. The number of nitrogens with zero attached hydrogens (tertiary/aromatic N) is 2. The van der Waals surface area contributed by atoms with E-state index in [4.69, 9.17) is 10.3 Å². The maximum atomic E-state index is 6.29. The van der Waals surface area contributed by atoms with Crippen LogP contribution in [-0.4, -0.2) is 29.2 Å². The molecule has 3 atom stereocenters. The summed E-state index contributed by atoms with van der Waals surface area (Å²) in [6, 6.07) is 12.6. The van der Waals surface area contributed by atoms with Crippen molar-refractivity contribution >= 4 is 0 Å². The number of rotatable bonds is 3. The SMILES string of the molecule is NC1CCCC2CN(Cc3cc(-c4ccccc4)no3)CC12. The average Bonchev–Trinajstić information content (AvgIpc) is 3.16. The van der Waals surface area contributed by atoms with Gasteiger partial charge in [-0.15, -0.1) is 0 Å². The highest BCUT2D eigenvalue weighted by atomic mass is 16.5. The van der Waals surface area contributed by atoms with Crippen LogP contribution in [0.3, 0.4) is 0 Å². The fraction of sp³-hybridized carbons (Fsp3) is 0.500. The van der Waals surface area contributed by atoms with Crippen LogP contribution in [0, 0.1) is 11.8 Å². The lowest BCUT2D eigenvalue weighted by Crippen LogP contribution is -2.38. The molecule has 2 aliphatic rings. The van der Waals surface area contributed by atoms with Crippen molar-refractivity contribution in [2.24, 2.45) is 17.6 Å². The maximum absolute atomic E-state index is 6.29. The molecule has 116 valence electrons. The van der Waals surface area contributed by atoms with Gasteiger partial charge in [-0.2, -0.15) is 0 Å². The average molecular weight is 297 g/mol. The molecule has 1 aliphatic heterocycles. The highest BCUT2D eigenvalue weighted by Gasteiger charge is 2.38. The summed E-state index contributed by atoms with van der Waals surface area (Å²) in [5.41, 5.74) is 8.32. The lowest BCUT2D eigenvalue weighted by Gasteiger charge is -2.29. The van der Waals surface area contributed by atoms with E-state index in [0.717, 1.165) is 42.6 Å². The molecule has 0 spiro atoms. The van der Waals surface area contributed by atoms with Gasteiger partial charge in [0.05, 0.1) is 6.54 Å². The lowest BCUT2D eigenvalue weighted by atomic mass is 9.78. The Hall–Kier alpha value is -1.65. The van der Waals surface area contributed by atoms with Gasteiger partial charge >= 0.3 is 0 Å². The van der Waals surface area contributed by atoms with Crippen molar-refractivity contribution in [3.63, 3.8) is 0 Å². The summed E-state index contributed by atoms with van der Waals surface area (Å²) in [5, 5.41) is 4.21. The second-order valence-corrected chi connectivity index (χ2v) is 6.76. The molecular weight excluding hydrogens is 274 g/mol. The van der Waals surface area contributed by atoms with E-state index in [1.54, 1.807) is 0 Å². The Morgan fingerprint density at radius 1 is 1.18 bits per heavy atom. The zero-order valence-electron chi connectivity index (χ0n) is 12.8. The molecule has 0 radical (unpaired) electrons. The van der Waals surface area contributed by atoms with Gasteiger partial charge in [0.15, 0.2) is 5.76 Å². The summed E-state index contributed by atoms with van der Waals surface area (Å²) in [6.45, 7) is 3.10. The predicted octanol–water partition coefficient (Wildman–Crippen LogP) is 2.90. The van der Waals surface area contributed by atoms with Crippen molar-refractivity contribution < 1.29 is 4.52 Å². The smallest absolute Gasteiger partial charge is 0.151 e. The highest BCUT2D eigenvalue weighted by Crippen LogP contribution is 2.36. The fourth-order valence-electron chi connectivity index (χ4n) is 4.09. The van der Waals surface area contributed by atoms with Crippen molar-refractivity contribution in [2.45, 2.75) is 31.8 Å².